The van der Waals surface area contributed by atoms with Crippen molar-refractivity contribution in [3.05, 3.63) is 21.9 Å². The lowest BCUT2D eigenvalue weighted by molar-refractivity contribution is 0.0928. The molecule has 0 aromatic carbocycles. The summed E-state index contributed by atoms with van der Waals surface area (Å²) in [5, 5.41) is 5.11. The number of aryl methyl sites for hydroxylation is 1. The smallest absolute Gasteiger partial charge is 0.252 e. The zero-order valence-corrected chi connectivity index (χ0v) is 10.6. The molecule has 1 aromatic heterocycles. The zero-order chi connectivity index (χ0) is 11.4. The fraction of sp³-hybridized carbons (Fsp3) is 0.615. The van der Waals surface area contributed by atoms with Crippen molar-refractivity contribution < 1.29 is 6.22 Å². The van der Waals surface area contributed by atoms with Gasteiger partial charge >= 0.3 is 0 Å². The maximum Gasteiger partial charge on any atom is 0.252 e. The highest BCUT2D eigenvalue weighted by molar-refractivity contribution is 7.10. The Labute approximate surface area is 103 Å². The van der Waals surface area contributed by atoms with Crippen molar-refractivity contribution in [2.75, 3.05) is 0 Å². The van der Waals surface area contributed by atoms with E-state index >= 15 is 0 Å². The van der Waals surface area contributed by atoms with E-state index in [9.17, 15) is 4.79 Å². The molecule has 16 heavy (non-hydrogen) atoms. The first-order valence-electron chi connectivity index (χ1n) is 6.18. The van der Waals surface area contributed by atoms with Gasteiger partial charge in [0.15, 0.2) is 0 Å². The van der Waals surface area contributed by atoms with Gasteiger partial charge in [0, 0.05) is 17.7 Å². The van der Waals surface area contributed by atoms with Crippen LogP contribution in [0.3, 0.4) is 0 Å². The molecule has 1 amide bonds. The molecule has 0 atom stereocenters. The number of rotatable bonds is 3. The van der Waals surface area contributed by atoms with E-state index in [4.69, 9.17) is 0 Å². The van der Waals surface area contributed by atoms with Gasteiger partial charge in [0.25, 0.3) is 5.91 Å². The minimum absolute atomic E-state index is 0. The highest BCUT2D eigenvalue weighted by Gasteiger charge is 2.17. The molecule has 2 rings (SSSR count). The van der Waals surface area contributed by atoms with E-state index in [2.05, 4.69) is 12.2 Å². The number of hydrogen-bond donors (Lipinski definition) is 1. The molecule has 2 nitrogen and oxygen atoms in total. The van der Waals surface area contributed by atoms with Gasteiger partial charge in [-0.3, -0.25) is 4.79 Å². The molecule has 1 aliphatic rings. The van der Waals surface area contributed by atoms with Gasteiger partial charge in [-0.25, -0.2) is 0 Å². The maximum atomic E-state index is 11.9. The highest BCUT2D eigenvalue weighted by atomic mass is 32.1. The third kappa shape index (κ3) is 2.85. The quantitative estimate of drug-likeness (QED) is 0.857. The van der Waals surface area contributed by atoms with Crippen LogP contribution < -0.4 is 5.32 Å². The summed E-state index contributed by atoms with van der Waals surface area (Å²) < 4.78 is 0. The second-order valence-electron chi connectivity index (χ2n) is 4.46. The number of nitrogens with one attached hydrogen (secondary N) is 1. The molecular weight excluding hydrogens is 218 g/mol. The molecule has 0 aliphatic heterocycles. The fourth-order valence-corrected chi connectivity index (χ4v) is 3.02. The second kappa shape index (κ2) is 5.48. The summed E-state index contributed by atoms with van der Waals surface area (Å²) >= 11 is 1.68. The molecule has 1 aliphatic carbocycles. The zero-order valence-electron chi connectivity index (χ0n) is 9.79. The second-order valence-corrected chi connectivity index (χ2v) is 5.46. The molecule has 1 aromatic rings. The molecule has 90 valence electrons. The van der Waals surface area contributed by atoms with Crippen molar-refractivity contribution in [2.45, 2.75) is 51.5 Å². The van der Waals surface area contributed by atoms with Crippen LogP contribution in [0.2, 0.25) is 0 Å². The standard InChI is InChI=1S/C13H19NOS.H2/c1-2-12-8-10(9-16-12)13(15)14-11-6-4-3-5-7-11;/h8-9,11H,2-7H2,1H3,(H,14,15);1H. The Balaban J connectivity index is 0.00000144. The van der Waals surface area contributed by atoms with E-state index in [1.807, 2.05) is 11.4 Å². The molecule has 1 fully saturated rings. The Morgan fingerprint density at radius 3 is 2.88 bits per heavy atom. The van der Waals surface area contributed by atoms with Gasteiger partial charge in [-0.1, -0.05) is 26.2 Å². The van der Waals surface area contributed by atoms with Crippen LogP contribution in [0.15, 0.2) is 11.4 Å². The van der Waals surface area contributed by atoms with Crippen LogP contribution in [0.25, 0.3) is 0 Å². The topological polar surface area (TPSA) is 29.1 Å². The molecule has 0 bridgehead atoms. The summed E-state index contributed by atoms with van der Waals surface area (Å²) in [6, 6.07) is 2.43. The Morgan fingerprint density at radius 2 is 2.25 bits per heavy atom. The van der Waals surface area contributed by atoms with Crippen molar-refractivity contribution in [1.82, 2.24) is 5.32 Å². The van der Waals surface area contributed by atoms with Crippen molar-refractivity contribution in [2.24, 2.45) is 0 Å². The largest absolute Gasteiger partial charge is 0.349 e. The van der Waals surface area contributed by atoms with Crippen molar-refractivity contribution >= 4 is 17.2 Å². The van der Waals surface area contributed by atoms with Crippen LogP contribution in [0, 0.1) is 0 Å². The molecule has 1 saturated carbocycles. The average Bonchev–Trinajstić information content (AvgIpc) is 2.79. The Morgan fingerprint density at radius 1 is 1.50 bits per heavy atom. The minimum Gasteiger partial charge on any atom is -0.349 e. The normalized spacial score (nSPS) is 17.3. The lowest BCUT2D eigenvalue weighted by Gasteiger charge is -2.22. The van der Waals surface area contributed by atoms with Crippen LogP contribution in [0.4, 0.5) is 0 Å². The predicted octanol–water partition coefficient (Wildman–Crippen LogP) is 3.62. The number of hydrogen-bond acceptors (Lipinski definition) is 2. The highest BCUT2D eigenvalue weighted by Crippen LogP contribution is 2.19. The first-order valence-corrected chi connectivity index (χ1v) is 7.06. The van der Waals surface area contributed by atoms with Crippen LogP contribution in [-0.4, -0.2) is 11.9 Å². The van der Waals surface area contributed by atoms with E-state index < -0.39 is 0 Å². The van der Waals surface area contributed by atoms with Crippen molar-refractivity contribution in [3.63, 3.8) is 0 Å². The Kier molecular flexibility index (Phi) is 3.99. The van der Waals surface area contributed by atoms with Gasteiger partial charge < -0.3 is 5.32 Å². The van der Waals surface area contributed by atoms with Gasteiger partial charge in [0.1, 0.15) is 0 Å². The van der Waals surface area contributed by atoms with E-state index in [1.54, 1.807) is 11.3 Å². The molecule has 1 N–H and O–H groups in total. The van der Waals surface area contributed by atoms with E-state index in [0.717, 1.165) is 24.8 Å². The third-order valence-corrected chi connectivity index (χ3v) is 4.29. The number of thiophene rings is 1. The van der Waals surface area contributed by atoms with Gasteiger partial charge in [-0.2, -0.15) is 0 Å². The molecule has 0 radical (unpaired) electrons. The van der Waals surface area contributed by atoms with Gasteiger partial charge in [0.2, 0.25) is 0 Å². The lowest BCUT2D eigenvalue weighted by atomic mass is 9.95. The Hall–Kier alpha value is -0.830. The summed E-state index contributed by atoms with van der Waals surface area (Å²) in [4.78, 5) is 13.2. The van der Waals surface area contributed by atoms with E-state index in [1.165, 1.54) is 24.1 Å². The molecule has 3 heteroatoms. The number of amides is 1. The first-order chi connectivity index (χ1) is 7.79. The number of carbonyl (C=O) groups is 1. The van der Waals surface area contributed by atoms with E-state index in [0.29, 0.717) is 6.04 Å². The molecule has 0 unspecified atom stereocenters. The van der Waals surface area contributed by atoms with Crippen LogP contribution in [0.5, 0.6) is 0 Å². The summed E-state index contributed by atoms with van der Waals surface area (Å²) in [5.41, 5.74) is 0.840. The Bertz CT molecular complexity index is 358. The molecular formula is C13H21NOS. The maximum absolute atomic E-state index is 11.9. The van der Waals surface area contributed by atoms with Gasteiger partial charge in [0.05, 0.1) is 5.56 Å². The minimum atomic E-state index is 0. The first kappa shape index (κ1) is 11.6. The number of carbonyl (C=O) groups excluding carboxylic acids is 1. The van der Waals surface area contributed by atoms with Crippen LogP contribution >= 0.6 is 11.3 Å². The molecule has 0 spiro atoms. The summed E-state index contributed by atoms with van der Waals surface area (Å²) in [7, 11) is 0. The van der Waals surface area contributed by atoms with E-state index in [-0.39, 0.29) is 7.33 Å². The molecule has 1 heterocycles. The molecule has 0 saturated heterocycles. The van der Waals surface area contributed by atoms with Crippen molar-refractivity contribution in [1.29, 1.82) is 0 Å². The summed E-state index contributed by atoms with van der Waals surface area (Å²) in [6.45, 7) is 2.12. The monoisotopic (exact) mass is 239 g/mol. The van der Waals surface area contributed by atoms with Gasteiger partial charge in [-0.05, 0) is 25.3 Å². The van der Waals surface area contributed by atoms with Crippen LogP contribution in [-0.2, 0) is 6.42 Å². The predicted molar refractivity (Wildman–Crippen MR) is 70.2 cm³/mol. The lowest BCUT2D eigenvalue weighted by Crippen LogP contribution is -2.35. The summed E-state index contributed by atoms with van der Waals surface area (Å²) in [5.74, 6) is 0.114. The van der Waals surface area contributed by atoms with Crippen molar-refractivity contribution in [3.8, 4) is 0 Å². The van der Waals surface area contributed by atoms with Crippen LogP contribution in [0.1, 0.15) is 55.7 Å². The fourth-order valence-electron chi connectivity index (χ4n) is 2.20. The van der Waals surface area contributed by atoms with Gasteiger partial charge in [-0.15, -0.1) is 11.3 Å². The SMILES string of the molecule is CCc1cc(C(=O)NC2CCCCC2)cs1.[HH]. The third-order valence-electron chi connectivity index (χ3n) is 3.20. The summed E-state index contributed by atoms with van der Waals surface area (Å²) in [6.07, 6.45) is 7.16. The average molecular weight is 239 g/mol.